The lowest BCUT2D eigenvalue weighted by molar-refractivity contribution is -0.195. The highest BCUT2D eigenvalue weighted by molar-refractivity contribution is 8.13. The topological polar surface area (TPSA) is 115 Å². The normalized spacial score (nSPS) is 40.7. The number of pyridine rings is 1. The van der Waals surface area contributed by atoms with Crippen molar-refractivity contribution in [1.82, 2.24) is 4.98 Å². The summed E-state index contributed by atoms with van der Waals surface area (Å²) in [5, 5.41) is 11.7. The number of halogens is 2. The van der Waals surface area contributed by atoms with Gasteiger partial charge in [0, 0.05) is 5.41 Å². The Morgan fingerprint density at radius 1 is 1.23 bits per heavy atom. The zero-order chi connectivity index (χ0) is 30.7. The first-order valence-corrected chi connectivity index (χ1v) is 16.4. The van der Waals surface area contributed by atoms with Crippen LogP contribution in [-0.2, 0) is 14.3 Å². The SMILES string of the molecule is CC1CCC2C(C(O)CC3(C)C2CCC3(OC(=O)C2CC2)C(=O)SCF)C2(C)CC(=CN)C(=Nc3ccc(F)nc3)C=C12. The van der Waals surface area contributed by atoms with Crippen LogP contribution in [0.25, 0.3) is 0 Å². The lowest BCUT2D eigenvalue weighted by atomic mass is 9.49. The van der Waals surface area contributed by atoms with Gasteiger partial charge in [-0.25, -0.2) is 14.4 Å². The number of rotatable bonds is 5. The summed E-state index contributed by atoms with van der Waals surface area (Å²) < 4.78 is 33.2. The highest BCUT2D eigenvalue weighted by atomic mass is 32.2. The number of nitrogens with two attached hydrogens (primary N) is 1. The molecule has 1 heterocycles. The Morgan fingerprint density at radius 3 is 2.65 bits per heavy atom. The molecule has 10 heteroatoms. The van der Waals surface area contributed by atoms with Gasteiger partial charge < -0.3 is 15.6 Å². The minimum Gasteiger partial charge on any atom is -0.449 e. The second-order valence-electron chi connectivity index (χ2n) is 13.8. The molecule has 7 nitrogen and oxygen atoms in total. The Morgan fingerprint density at radius 2 is 2.00 bits per heavy atom. The number of aliphatic hydroxyl groups is 1. The largest absolute Gasteiger partial charge is 0.449 e. The molecule has 0 bridgehead atoms. The van der Waals surface area contributed by atoms with Crippen LogP contribution in [0.2, 0.25) is 0 Å². The van der Waals surface area contributed by atoms with E-state index in [0.717, 1.165) is 31.3 Å². The lowest BCUT2D eigenvalue weighted by Crippen LogP contribution is -2.61. The zero-order valence-corrected chi connectivity index (χ0v) is 25.8. The Balaban J connectivity index is 1.40. The van der Waals surface area contributed by atoms with Gasteiger partial charge in [0.2, 0.25) is 11.1 Å². The molecule has 4 saturated carbocycles. The van der Waals surface area contributed by atoms with Crippen LogP contribution >= 0.6 is 11.8 Å². The first-order valence-electron chi connectivity index (χ1n) is 15.4. The second-order valence-corrected chi connectivity index (χ2v) is 14.7. The van der Waals surface area contributed by atoms with Gasteiger partial charge in [-0.1, -0.05) is 26.3 Å². The lowest BCUT2D eigenvalue weighted by Gasteiger charge is -2.57. The van der Waals surface area contributed by atoms with E-state index in [1.165, 1.54) is 17.8 Å². The van der Waals surface area contributed by atoms with Crippen LogP contribution in [0.5, 0.6) is 0 Å². The van der Waals surface area contributed by atoms with Crippen LogP contribution in [-0.4, -0.2) is 44.6 Å². The van der Waals surface area contributed by atoms with E-state index in [0.29, 0.717) is 42.4 Å². The van der Waals surface area contributed by atoms with Crippen LogP contribution in [0.1, 0.15) is 72.1 Å². The van der Waals surface area contributed by atoms with Crippen molar-refractivity contribution in [2.24, 2.45) is 51.1 Å². The van der Waals surface area contributed by atoms with Crippen LogP contribution < -0.4 is 5.73 Å². The van der Waals surface area contributed by atoms with Gasteiger partial charge in [0.05, 0.1) is 29.6 Å². The molecule has 4 fully saturated rings. The zero-order valence-electron chi connectivity index (χ0n) is 25.0. The van der Waals surface area contributed by atoms with E-state index in [1.54, 1.807) is 12.3 Å². The highest BCUT2D eigenvalue weighted by Crippen LogP contribution is 2.69. The van der Waals surface area contributed by atoms with E-state index in [4.69, 9.17) is 15.5 Å². The number of thioether (sulfide) groups is 1. The predicted octanol–water partition coefficient (Wildman–Crippen LogP) is 6.19. The van der Waals surface area contributed by atoms with Crippen LogP contribution in [0, 0.1) is 46.4 Å². The number of carbonyl (C=O) groups is 2. The minimum atomic E-state index is -1.45. The molecule has 5 aliphatic carbocycles. The summed E-state index contributed by atoms with van der Waals surface area (Å²) in [7, 11) is 0. The van der Waals surface area contributed by atoms with E-state index >= 15 is 0 Å². The summed E-state index contributed by atoms with van der Waals surface area (Å²) in [5.74, 6) is -0.970. The van der Waals surface area contributed by atoms with Gasteiger partial charge in [-0.05, 0) is 122 Å². The Hall–Kier alpha value is -2.59. The average Bonchev–Trinajstić information content (AvgIpc) is 3.78. The number of alkyl halides is 1. The van der Waals surface area contributed by atoms with Gasteiger partial charge >= 0.3 is 5.97 Å². The molecule has 0 aromatic carbocycles. The van der Waals surface area contributed by atoms with Crippen LogP contribution in [0.4, 0.5) is 14.5 Å². The average molecular weight is 614 g/mol. The number of aromatic nitrogens is 1. The summed E-state index contributed by atoms with van der Waals surface area (Å²) in [6.45, 7) is 6.41. The van der Waals surface area contributed by atoms with Gasteiger partial charge in [0.1, 0.15) is 6.01 Å². The molecule has 0 radical (unpaired) electrons. The predicted molar refractivity (Wildman–Crippen MR) is 161 cm³/mol. The smallest absolute Gasteiger partial charge is 0.309 e. The number of esters is 1. The van der Waals surface area contributed by atoms with Crippen molar-refractivity contribution in [3.05, 3.63) is 47.7 Å². The molecular formula is C33H41F2N3O4S. The van der Waals surface area contributed by atoms with Crippen molar-refractivity contribution in [1.29, 1.82) is 0 Å². The van der Waals surface area contributed by atoms with Crippen molar-refractivity contribution in [3.63, 3.8) is 0 Å². The van der Waals surface area contributed by atoms with E-state index in [2.05, 4.69) is 24.9 Å². The summed E-state index contributed by atoms with van der Waals surface area (Å²) >= 11 is 0.580. The fraction of sp³-hybridized carbons (Fsp3) is 0.636. The van der Waals surface area contributed by atoms with Gasteiger partial charge in [-0.3, -0.25) is 9.59 Å². The molecule has 8 atom stereocenters. The number of ether oxygens (including phenoxy) is 1. The van der Waals surface area contributed by atoms with Crippen molar-refractivity contribution < 1.29 is 28.2 Å². The third kappa shape index (κ3) is 4.87. The Kier molecular flexibility index (Phi) is 7.85. The molecule has 0 amide bonds. The second kappa shape index (κ2) is 11.1. The van der Waals surface area contributed by atoms with Gasteiger partial charge in [-0.15, -0.1) is 0 Å². The fourth-order valence-corrected chi connectivity index (χ4v) is 10.1. The molecule has 5 aliphatic rings. The standard InChI is InChI=1S/C33H41F2N3O4S/c1-18-4-8-22-23-10-11-33(30(41)43-17-34,42-29(40)19-5-6-19)32(23,3)14-26(39)28(22)31(2)13-20(15-36)25(12-24(18)31)38-21-7-9-27(35)37-16-21/h7,9,12,15-16,18-19,22-23,26,28,39H,4-6,8,10-11,13-14,17,36H2,1-3H3. The number of carbonyl (C=O) groups excluding carboxylic acids is 2. The molecule has 1 aromatic heterocycles. The summed E-state index contributed by atoms with van der Waals surface area (Å²) in [6, 6.07) is 1.98. The van der Waals surface area contributed by atoms with E-state index in [9.17, 15) is 23.5 Å². The maximum atomic E-state index is 13.7. The number of hydrogen-bond donors (Lipinski definition) is 2. The monoisotopic (exact) mass is 613 g/mol. The summed E-state index contributed by atoms with van der Waals surface area (Å²) in [5.41, 5.74) is 6.78. The van der Waals surface area contributed by atoms with Crippen molar-refractivity contribution in [2.75, 3.05) is 6.01 Å². The minimum absolute atomic E-state index is 0.0195. The number of allylic oxidation sites excluding steroid dienone is 3. The number of aliphatic hydroxyl groups excluding tert-OH is 1. The number of hydrogen-bond acceptors (Lipinski definition) is 8. The van der Waals surface area contributed by atoms with Crippen molar-refractivity contribution in [2.45, 2.75) is 83.8 Å². The van der Waals surface area contributed by atoms with Crippen molar-refractivity contribution in [3.8, 4) is 0 Å². The number of aliphatic imine (C=N–C) groups is 1. The maximum Gasteiger partial charge on any atom is 0.309 e. The molecule has 6 rings (SSSR count). The van der Waals surface area contributed by atoms with Gasteiger partial charge in [0.25, 0.3) is 0 Å². The third-order valence-electron chi connectivity index (χ3n) is 11.5. The molecule has 0 spiro atoms. The van der Waals surface area contributed by atoms with Gasteiger partial charge in [0.15, 0.2) is 5.60 Å². The Labute approximate surface area is 255 Å². The molecule has 0 saturated heterocycles. The molecular weight excluding hydrogens is 572 g/mol. The number of nitrogens with zero attached hydrogens (tertiary/aromatic N) is 2. The van der Waals surface area contributed by atoms with Crippen LogP contribution in [0.3, 0.4) is 0 Å². The molecule has 0 aliphatic heterocycles. The van der Waals surface area contributed by atoms with Crippen molar-refractivity contribution >= 4 is 34.2 Å². The number of fused-ring (bicyclic) bond motifs is 5. The first kappa shape index (κ1) is 30.4. The quantitative estimate of drug-likeness (QED) is 0.300. The third-order valence-corrected chi connectivity index (χ3v) is 12.2. The molecule has 232 valence electrons. The fourth-order valence-electron chi connectivity index (χ4n) is 9.35. The first-order chi connectivity index (χ1) is 20.5. The Bertz CT molecular complexity index is 1390. The van der Waals surface area contributed by atoms with Crippen LogP contribution in [0.15, 0.2) is 46.7 Å². The van der Waals surface area contributed by atoms with E-state index in [-0.39, 0.29) is 42.0 Å². The molecule has 43 heavy (non-hydrogen) atoms. The molecule has 3 N–H and O–H groups in total. The maximum absolute atomic E-state index is 13.7. The van der Waals surface area contributed by atoms with E-state index in [1.807, 2.05) is 6.92 Å². The molecule has 8 unspecified atom stereocenters. The van der Waals surface area contributed by atoms with Gasteiger partial charge in [-0.2, -0.15) is 4.39 Å². The highest BCUT2D eigenvalue weighted by Gasteiger charge is 2.70. The summed E-state index contributed by atoms with van der Waals surface area (Å²) in [6.07, 6.45) is 9.41. The van der Waals surface area contributed by atoms with E-state index < -0.39 is 39.6 Å². The summed E-state index contributed by atoms with van der Waals surface area (Å²) in [4.78, 5) is 35.2. The molecule has 1 aromatic rings.